The number of amides is 2. The molecule has 0 unspecified atom stereocenters. The molecule has 58 heavy (non-hydrogen) atoms. The Morgan fingerprint density at radius 1 is 1.12 bits per heavy atom. The van der Waals surface area contributed by atoms with Crippen molar-refractivity contribution in [1.82, 2.24) is 30.3 Å². The summed E-state index contributed by atoms with van der Waals surface area (Å²) in [4.78, 5) is 50.3. The van der Waals surface area contributed by atoms with Crippen molar-refractivity contribution in [2.75, 3.05) is 20.3 Å². The minimum atomic E-state index is -4.66. The van der Waals surface area contributed by atoms with E-state index in [9.17, 15) is 36.3 Å². The number of carbonyl (C=O) groups is 3. The van der Waals surface area contributed by atoms with E-state index >= 15 is 0 Å². The third-order valence-electron chi connectivity index (χ3n) is 10.4. The highest BCUT2D eigenvalue weighted by Gasteiger charge is 2.37. The van der Waals surface area contributed by atoms with Crippen molar-refractivity contribution < 1.29 is 45.8 Å². The molecule has 0 spiro atoms. The van der Waals surface area contributed by atoms with Gasteiger partial charge < -0.3 is 19.4 Å². The Bertz CT molecular complexity index is 2170. The van der Waals surface area contributed by atoms with E-state index in [2.05, 4.69) is 15.7 Å². The number of fused-ring (bicyclic) bond motifs is 6. The van der Waals surface area contributed by atoms with Gasteiger partial charge in [0.2, 0.25) is 5.91 Å². The van der Waals surface area contributed by atoms with Crippen LogP contribution in [0, 0.1) is 11.3 Å². The minimum absolute atomic E-state index is 0.0369. The van der Waals surface area contributed by atoms with Crippen molar-refractivity contribution in [3.05, 3.63) is 71.0 Å². The molecule has 0 aliphatic carbocycles. The fraction of sp³-hybridized carbons (Fsp3) is 0.500. The zero-order valence-electron chi connectivity index (χ0n) is 33.4. The van der Waals surface area contributed by atoms with Crippen molar-refractivity contribution in [2.24, 2.45) is 11.3 Å². The van der Waals surface area contributed by atoms with Crippen LogP contribution in [-0.4, -0.2) is 75.8 Å². The molecule has 5 heterocycles. The molecule has 2 aliphatic rings. The fourth-order valence-electron chi connectivity index (χ4n) is 7.69. The first-order valence-corrected chi connectivity index (χ1v) is 19.4. The predicted octanol–water partition coefficient (Wildman–Crippen LogP) is 7.67. The molecule has 3 aromatic heterocycles. The van der Waals surface area contributed by atoms with Crippen molar-refractivity contribution in [1.29, 1.82) is 0 Å². The zero-order chi connectivity index (χ0) is 42.1. The third kappa shape index (κ3) is 9.66. The summed E-state index contributed by atoms with van der Waals surface area (Å²) in [5.74, 6) is -1.64. The summed E-state index contributed by atoms with van der Waals surface area (Å²) in [6.45, 7) is 7.75. The van der Waals surface area contributed by atoms with Gasteiger partial charge in [-0.3, -0.25) is 24.4 Å². The van der Waals surface area contributed by atoms with E-state index in [0.29, 0.717) is 29.7 Å². The summed E-state index contributed by atoms with van der Waals surface area (Å²) >= 11 is 0. The molecule has 2 aliphatic heterocycles. The summed E-state index contributed by atoms with van der Waals surface area (Å²) in [7, 11) is 1.47. The number of ether oxygens (including phenoxy) is 2. The molecule has 2 amide bonds. The molecule has 1 aromatic carbocycles. The quantitative estimate of drug-likeness (QED) is 0.137. The van der Waals surface area contributed by atoms with Gasteiger partial charge in [-0.1, -0.05) is 33.8 Å². The number of hydrogen-bond acceptors (Lipinski definition) is 8. The van der Waals surface area contributed by atoms with Crippen LogP contribution < -0.4 is 10.7 Å². The molecule has 6 bridgehead atoms. The molecule has 6 rings (SSSR count). The Hall–Kier alpha value is -4.96. The van der Waals surface area contributed by atoms with Crippen LogP contribution in [0.4, 0.5) is 22.0 Å². The van der Waals surface area contributed by atoms with Gasteiger partial charge in [-0.25, -0.2) is 19.2 Å². The fourth-order valence-corrected chi connectivity index (χ4v) is 7.69. The van der Waals surface area contributed by atoms with Gasteiger partial charge in [0.25, 0.3) is 12.3 Å². The first-order chi connectivity index (χ1) is 27.3. The third-order valence-corrected chi connectivity index (χ3v) is 10.4. The van der Waals surface area contributed by atoms with E-state index in [0.717, 1.165) is 4.57 Å². The standard InChI is InChI=1S/C42H49F5N6O5/c1-23(2)15-34(54)49-32-18-25-16-26(19-27(17-25)38(43)44)30-11-12-33-36(50-30)29(20-41(4,5)22-58-40(56)31-10-8-14-53(51-31)39(32)55)37(52(33)21-42(45,46)47)28-9-7-13-48-35(28)24(3)57-6/h7,9,11-13,16-17,19,23-24,31-32,38,51H,8,10,14-15,18,20-22H2,1-6H3,(H,49,54)/t24-,31-,32-/m0/s1. The van der Waals surface area contributed by atoms with E-state index in [1.807, 2.05) is 27.7 Å². The number of alkyl halides is 5. The molecule has 0 saturated carbocycles. The summed E-state index contributed by atoms with van der Waals surface area (Å²) in [6.07, 6.45) is -5.89. The summed E-state index contributed by atoms with van der Waals surface area (Å²) < 4.78 is 85.4. The number of rotatable bonds is 8. The first kappa shape index (κ1) is 42.6. The molecule has 3 atom stereocenters. The van der Waals surface area contributed by atoms with E-state index in [-0.39, 0.29) is 77.4 Å². The first-order valence-electron chi connectivity index (χ1n) is 19.4. The number of nitrogens with zero attached hydrogens (tertiary/aromatic N) is 4. The average molecular weight is 813 g/mol. The largest absolute Gasteiger partial charge is 0.464 e. The average Bonchev–Trinajstić information content (AvgIpc) is 3.44. The maximum atomic E-state index is 14.6. The maximum absolute atomic E-state index is 14.6. The molecule has 4 aromatic rings. The van der Waals surface area contributed by atoms with Gasteiger partial charge in [-0.2, -0.15) is 13.2 Å². The molecule has 2 N–H and O–H groups in total. The molecule has 312 valence electrons. The van der Waals surface area contributed by atoms with Crippen LogP contribution >= 0.6 is 0 Å². The second-order valence-corrected chi connectivity index (χ2v) is 16.4. The van der Waals surface area contributed by atoms with E-state index < -0.39 is 60.5 Å². The number of esters is 1. The molecule has 11 nitrogen and oxygen atoms in total. The normalized spacial score (nSPS) is 19.6. The minimum Gasteiger partial charge on any atom is -0.464 e. The van der Waals surface area contributed by atoms with Crippen LogP contribution in [0.15, 0.2) is 48.7 Å². The monoisotopic (exact) mass is 812 g/mol. The topological polar surface area (TPSA) is 128 Å². The number of methoxy groups -OCH3 is 1. The number of nitrogens with one attached hydrogen (secondary N) is 2. The SMILES string of the molecule is CO[C@@H](C)c1ncccc1-c1c2c3nc(ccc3n1CC(F)(F)F)-c1cc(cc(C(F)F)c1)C[C@H](NC(=O)CC(C)C)C(=O)N1CCC[C@H](N1)C(=O)OCC(C)(C)C2. The lowest BCUT2D eigenvalue weighted by molar-refractivity contribution is -0.155. The number of halogens is 5. The zero-order valence-corrected chi connectivity index (χ0v) is 33.4. The lowest BCUT2D eigenvalue weighted by Gasteiger charge is -2.35. The summed E-state index contributed by atoms with van der Waals surface area (Å²) in [5, 5.41) is 4.05. The maximum Gasteiger partial charge on any atom is 0.406 e. The van der Waals surface area contributed by atoms with E-state index in [1.165, 1.54) is 42.6 Å². The smallest absolute Gasteiger partial charge is 0.406 e. The molecule has 1 fully saturated rings. The number of benzene rings is 1. The lowest BCUT2D eigenvalue weighted by Crippen LogP contribution is -2.60. The molecule has 1 saturated heterocycles. The lowest BCUT2D eigenvalue weighted by atomic mass is 9.85. The van der Waals surface area contributed by atoms with Crippen molar-refractivity contribution >= 4 is 28.8 Å². The Kier molecular flexibility index (Phi) is 12.6. The van der Waals surface area contributed by atoms with Crippen LogP contribution in [0.3, 0.4) is 0 Å². The summed E-state index contributed by atoms with van der Waals surface area (Å²) in [5.41, 5.74) is 4.15. The molecular weight excluding hydrogens is 763 g/mol. The molecule has 0 radical (unpaired) electrons. The highest BCUT2D eigenvalue weighted by atomic mass is 19.4. The van der Waals surface area contributed by atoms with Gasteiger partial charge in [0, 0.05) is 60.4 Å². The van der Waals surface area contributed by atoms with Gasteiger partial charge in [0.15, 0.2) is 0 Å². The Morgan fingerprint density at radius 2 is 1.88 bits per heavy atom. The highest BCUT2D eigenvalue weighted by Crippen LogP contribution is 2.42. The second kappa shape index (κ2) is 17.1. The van der Waals surface area contributed by atoms with Gasteiger partial charge in [0.05, 0.1) is 40.8 Å². The Labute approximate surface area is 333 Å². The molecule has 16 heteroatoms. The van der Waals surface area contributed by atoms with E-state index in [4.69, 9.17) is 14.5 Å². The number of pyridine rings is 2. The van der Waals surface area contributed by atoms with Gasteiger partial charge in [0.1, 0.15) is 18.6 Å². The van der Waals surface area contributed by atoms with Crippen LogP contribution in [0.25, 0.3) is 33.5 Å². The van der Waals surface area contributed by atoms with Crippen LogP contribution in [0.1, 0.15) is 88.8 Å². The molecular formula is C42H49F5N6O5. The number of hydrogen-bond donors (Lipinski definition) is 2. The Balaban J connectivity index is 1.61. The van der Waals surface area contributed by atoms with Gasteiger partial charge in [-0.05, 0) is 74.1 Å². The number of carbonyl (C=O) groups excluding carboxylic acids is 3. The number of cyclic esters (lactones) is 1. The van der Waals surface area contributed by atoms with Gasteiger partial charge >= 0.3 is 12.1 Å². The van der Waals surface area contributed by atoms with Crippen LogP contribution in [0.2, 0.25) is 0 Å². The van der Waals surface area contributed by atoms with Crippen LogP contribution in [0.5, 0.6) is 0 Å². The Morgan fingerprint density at radius 3 is 2.57 bits per heavy atom. The number of hydrazine groups is 1. The predicted molar refractivity (Wildman–Crippen MR) is 206 cm³/mol. The van der Waals surface area contributed by atoms with Crippen LogP contribution in [-0.2, 0) is 43.2 Å². The summed E-state index contributed by atoms with van der Waals surface area (Å²) in [6, 6.07) is 8.27. The number of aromatic nitrogens is 3. The van der Waals surface area contributed by atoms with Crippen molar-refractivity contribution in [3.8, 4) is 22.5 Å². The highest BCUT2D eigenvalue weighted by molar-refractivity contribution is 5.92. The van der Waals surface area contributed by atoms with E-state index in [1.54, 1.807) is 25.1 Å². The van der Waals surface area contributed by atoms with Crippen molar-refractivity contribution in [2.45, 2.75) is 104 Å². The van der Waals surface area contributed by atoms with Crippen molar-refractivity contribution in [3.63, 3.8) is 0 Å². The van der Waals surface area contributed by atoms with Gasteiger partial charge in [-0.15, -0.1) is 0 Å². The second-order valence-electron chi connectivity index (χ2n) is 16.4.